The van der Waals surface area contributed by atoms with Gasteiger partial charge in [-0.15, -0.1) is 13.1 Å². The van der Waals surface area contributed by atoms with E-state index in [2.05, 4.69) is 12.2 Å². The van der Waals surface area contributed by atoms with Crippen molar-refractivity contribution in [2.75, 3.05) is 19.7 Å². The van der Waals surface area contributed by atoms with Crippen LogP contribution in [0.15, 0.2) is 24.3 Å². The number of nitro benzene ring substituents is 1. The molecule has 0 bridgehead atoms. The van der Waals surface area contributed by atoms with Crippen LogP contribution in [0.1, 0.15) is 18.9 Å². The Morgan fingerprint density at radius 2 is 1.83 bits per heavy atom. The van der Waals surface area contributed by atoms with Gasteiger partial charge in [0.05, 0.1) is 4.92 Å². The van der Waals surface area contributed by atoms with Gasteiger partial charge in [-0.05, 0) is 6.92 Å². The molecule has 1 aromatic carbocycles. The topological polar surface area (TPSA) is 77.5 Å². The van der Waals surface area contributed by atoms with Crippen molar-refractivity contribution in [1.29, 1.82) is 0 Å². The van der Waals surface area contributed by atoms with Crippen LogP contribution in [0, 0.1) is 17.0 Å². The van der Waals surface area contributed by atoms with Gasteiger partial charge in [0.25, 0.3) is 5.69 Å². The molecule has 6 heteroatoms. The number of aliphatic hydroxyl groups is 1. The average Bonchev–Trinajstić information content (AvgIpc) is 2.31. The Hall–Kier alpha value is -0.811. The van der Waals surface area contributed by atoms with E-state index >= 15 is 0 Å². The molecule has 0 unspecified atom stereocenters. The molecule has 0 atom stereocenters. The van der Waals surface area contributed by atoms with Gasteiger partial charge in [0.2, 0.25) is 0 Å². The van der Waals surface area contributed by atoms with Crippen LogP contribution in [-0.4, -0.2) is 29.7 Å². The predicted octanol–water partition coefficient (Wildman–Crippen LogP) is 2.66. The van der Waals surface area contributed by atoms with E-state index in [1.54, 1.807) is 12.1 Å². The van der Waals surface area contributed by atoms with Crippen LogP contribution in [0.3, 0.4) is 0 Å². The Kier molecular flexibility index (Phi) is 13.7. The first-order chi connectivity index (χ1) is 8.11. The van der Waals surface area contributed by atoms with E-state index in [0.29, 0.717) is 6.54 Å². The summed E-state index contributed by atoms with van der Waals surface area (Å²) in [5.74, 6) is 0. The van der Waals surface area contributed by atoms with Gasteiger partial charge < -0.3 is 10.4 Å². The number of hydrogen-bond donors (Lipinski definition) is 1. The molecular formula is C12H19IrN2O3-. The maximum Gasteiger partial charge on any atom is 0.269 e. The summed E-state index contributed by atoms with van der Waals surface area (Å²) in [5.41, 5.74) is 1.18. The molecule has 1 rings (SSSR count). The van der Waals surface area contributed by atoms with E-state index in [-0.39, 0.29) is 32.4 Å². The summed E-state index contributed by atoms with van der Waals surface area (Å²) in [6.07, 6.45) is 1.08. The number of nitrogens with zero attached hydrogens (tertiary/aromatic N) is 2. The fourth-order valence-electron chi connectivity index (χ4n) is 1.01. The second-order valence-electron chi connectivity index (χ2n) is 3.49. The molecule has 0 aromatic heterocycles. The Balaban J connectivity index is 0. The van der Waals surface area contributed by atoms with Crippen molar-refractivity contribution in [1.82, 2.24) is 0 Å². The monoisotopic (exact) mass is 432 g/mol. The van der Waals surface area contributed by atoms with Crippen LogP contribution in [0.25, 0.3) is 5.32 Å². The molecule has 0 spiro atoms. The van der Waals surface area contributed by atoms with Crippen molar-refractivity contribution in [2.45, 2.75) is 20.3 Å². The molecule has 5 nitrogen and oxygen atoms in total. The SMILES string of the molecule is CCC[N-]CCO.Cc1ccc([N+](=O)[O-])cc1.[Ir]. The minimum Gasteiger partial charge on any atom is -0.660 e. The summed E-state index contributed by atoms with van der Waals surface area (Å²) in [7, 11) is 0. The first kappa shape index (κ1) is 19.5. The summed E-state index contributed by atoms with van der Waals surface area (Å²) in [6, 6.07) is 6.43. The van der Waals surface area contributed by atoms with Crippen LogP contribution in [0.5, 0.6) is 0 Å². The van der Waals surface area contributed by atoms with Crippen molar-refractivity contribution in [3.05, 3.63) is 45.3 Å². The normalized spacial score (nSPS) is 8.83. The minimum atomic E-state index is -0.403. The first-order valence-corrected chi connectivity index (χ1v) is 5.57. The Morgan fingerprint density at radius 1 is 1.28 bits per heavy atom. The van der Waals surface area contributed by atoms with Gasteiger partial charge >= 0.3 is 0 Å². The molecule has 1 aromatic rings. The standard InChI is InChI=1S/C7H7NO2.C5H12NO.Ir/c1-6-2-4-7(5-3-6)8(9)10;1-2-3-6-4-5-7;/h2-5H,1H3;7H,2-5H2,1H3;/q;-1;. The third kappa shape index (κ3) is 10.4. The van der Waals surface area contributed by atoms with E-state index in [4.69, 9.17) is 5.11 Å². The van der Waals surface area contributed by atoms with Gasteiger partial charge in [0.1, 0.15) is 0 Å². The molecule has 0 aliphatic carbocycles. The second kappa shape index (κ2) is 12.6. The van der Waals surface area contributed by atoms with Gasteiger partial charge in [0, 0.05) is 38.8 Å². The Morgan fingerprint density at radius 3 is 2.22 bits per heavy atom. The van der Waals surface area contributed by atoms with Gasteiger partial charge in [-0.3, -0.25) is 10.1 Å². The van der Waals surface area contributed by atoms with E-state index < -0.39 is 4.92 Å². The van der Waals surface area contributed by atoms with E-state index in [0.717, 1.165) is 18.5 Å². The zero-order chi connectivity index (χ0) is 13.1. The zero-order valence-electron chi connectivity index (χ0n) is 10.6. The number of nitro groups is 1. The summed E-state index contributed by atoms with van der Waals surface area (Å²) < 4.78 is 0. The van der Waals surface area contributed by atoms with Crippen molar-refractivity contribution < 1.29 is 30.1 Å². The largest absolute Gasteiger partial charge is 0.660 e. The predicted molar refractivity (Wildman–Crippen MR) is 68.3 cm³/mol. The van der Waals surface area contributed by atoms with Gasteiger partial charge in [-0.25, -0.2) is 0 Å². The molecule has 0 aliphatic rings. The second-order valence-corrected chi connectivity index (χ2v) is 3.49. The van der Waals surface area contributed by atoms with Gasteiger partial charge in [-0.2, -0.15) is 0 Å². The smallest absolute Gasteiger partial charge is 0.269 e. The van der Waals surface area contributed by atoms with E-state index in [1.807, 2.05) is 6.92 Å². The molecule has 0 fully saturated rings. The number of rotatable bonds is 5. The summed E-state index contributed by atoms with van der Waals surface area (Å²) >= 11 is 0. The van der Waals surface area contributed by atoms with Crippen molar-refractivity contribution in [3.63, 3.8) is 0 Å². The zero-order valence-corrected chi connectivity index (χ0v) is 13.0. The summed E-state index contributed by atoms with van der Waals surface area (Å²) in [6.45, 7) is 5.65. The van der Waals surface area contributed by atoms with Crippen LogP contribution in [-0.2, 0) is 20.1 Å². The quantitative estimate of drug-likeness (QED) is 0.442. The van der Waals surface area contributed by atoms with Crippen LogP contribution < -0.4 is 0 Å². The Bertz CT molecular complexity index is 314. The minimum absolute atomic E-state index is 0. The van der Waals surface area contributed by atoms with Gasteiger partial charge in [-0.1, -0.05) is 31.0 Å². The number of aliphatic hydroxyl groups excluding tert-OH is 1. The molecule has 1 radical (unpaired) electrons. The fraction of sp³-hybridized carbons (Fsp3) is 0.500. The molecular weight excluding hydrogens is 412 g/mol. The third-order valence-corrected chi connectivity index (χ3v) is 1.88. The van der Waals surface area contributed by atoms with E-state index in [1.165, 1.54) is 12.1 Å². The molecule has 0 saturated heterocycles. The molecule has 105 valence electrons. The van der Waals surface area contributed by atoms with Crippen molar-refractivity contribution >= 4 is 5.69 Å². The number of hydrogen-bond acceptors (Lipinski definition) is 3. The van der Waals surface area contributed by atoms with Gasteiger partial charge in [0.15, 0.2) is 0 Å². The number of non-ortho nitro benzene ring substituents is 1. The van der Waals surface area contributed by atoms with E-state index in [9.17, 15) is 10.1 Å². The number of aryl methyl sites for hydroxylation is 1. The van der Waals surface area contributed by atoms with Crippen molar-refractivity contribution in [3.8, 4) is 0 Å². The average molecular weight is 432 g/mol. The maximum absolute atomic E-state index is 10.1. The molecule has 18 heavy (non-hydrogen) atoms. The summed E-state index contributed by atoms with van der Waals surface area (Å²) in [5, 5.41) is 22.3. The number of benzene rings is 1. The Labute approximate surface area is 121 Å². The molecule has 0 saturated carbocycles. The van der Waals surface area contributed by atoms with Crippen LogP contribution in [0.2, 0.25) is 0 Å². The van der Waals surface area contributed by atoms with Crippen LogP contribution in [0.4, 0.5) is 5.69 Å². The molecule has 0 amide bonds. The fourth-order valence-corrected chi connectivity index (χ4v) is 1.01. The van der Waals surface area contributed by atoms with Crippen molar-refractivity contribution in [2.24, 2.45) is 0 Å². The molecule has 1 N–H and O–H groups in total. The molecule has 0 aliphatic heterocycles. The first-order valence-electron chi connectivity index (χ1n) is 5.57. The third-order valence-electron chi connectivity index (χ3n) is 1.88. The molecule has 0 heterocycles. The van der Waals surface area contributed by atoms with Crippen LogP contribution >= 0.6 is 0 Å². The maximum atomic E-state index is 10.1. The summed E-state index contributed by atoms with van der Waals surface area (Å²) in [4.78, 5) is 9.71.